The van der Waals surface area contributed by atoms with Crippen LogP contribution in [-0.4, -0.2) is 10.9 Å². The highest BCUT2D eigenvalue weighted by Gasteiger charge is 2.09. The molecule has 0 atom stereocenters. The third kappa shape index (κ3) is 3.01. The summed E-state index contributed by atoms with van der Waals surface area (Å²) < 4.78 is 13.7. The molecule has 1 aromatic heterocycles. The van der Waals surface area contributed by atoms with Gasteiger partial charge in [0.05, 0.1) is 5.69 Å². The molecule has 0 aliphatic rings. The highest BCUT2D eigenvalue weighted by atomic mass is 19.1. The molecule has 0 aliphatic carbocycles. The molecule has 0 fully saturated rings. The molecule has 1 heterocycles. The summed E-state index contributed by atoms with van der Waals surface area (Å²) in [6.45, 7) is 1.81. The van der Waals surface area contributed by atoms with E-state index in [1.54, 1.807) is 12.1 Å². The Balaban J connectivity index is 1.65. The molecule has 3 aromatic rings. The van der Waals surface area contributed by atoms with Gasteiger partial charge in [0, 0.05) is 23.5 Å². The van der Waals surface area contributed by atoms with Crippen LogP contribution >= 0.6 is 0 Å². The van der Waals surface area contributed by atoms with Gasteiger partial charge in [-0.15, -0.1) is 0 Å². The number of anilines is 1. The number of nitrogens with one attached hydrogen (secondary N) is 2. The van der Waals surface area contributed by atoms with Gasteiger partial charge in [-0.2, -0.15) is 0 Å². The van der Waals surface area contributed by atoms with Crippen molar-refractivity contribution in [3.8, 4) is 0 Å². The molecule has 0 bridgehead atoms. The Morgan fingerprint density at radius 2 is 2.05 bits per heavy atom. The predicted octanol–water partition coefficient (Wildman–Crippen LogP) is 4.19. The second-order valence-electron chi connectivity index (χ2n) is 5.39. The van der Waals surface area contributed by atoms with Crippen molar-refractivity contribution in [3.63, 3.8) is 0 Å². The summed E-state index contributed by atoms with van der Waals surface area (Å²) in [4.78, 5) is 15.2. The van der Waals surface area contributed by atoms with E-state index in [4.69, 9.17) is 0 Å². The highest BCUT2D eigenvalue weighted by Crippen LogP contribution is 2.20. The lowest BCUT2D eigenvalue weighted by Crippen LogP contribution is -2.13. The van der Waals surface area contributed by atoms with Crippen LogP contribution in [0.25, 0.3) is 10.9 Å². The number of H-pyrrole nitrogens is 1. The summed E-state index contributed by atoms with van der Waals surface area (Å²) in [5.41, 5.74) is 3.21. The van der Waals surface area contributed by atoms with Gasteiger partial charge in [0.1, 0.15) is 5.82 Å². The molecule has 112 valence electrons. The minimum atomic E-state index is -0.402. The van der Waals surface area contributed by atoms with Crippen molar-refractivity contribution in [3.05, 3.63) is 65.6 Å². The maximum atomic E-state index is 13.7. The van der Waals surface area contributed by atoms with Gasteiger partial charge in [0.15, 0.2) is 0 Å². The van der Waals surface area contributed by atoms with E-state index in [1.165, 1.54) is 6.07 Å². The molecule has 4 heteroatoms. The SMILES string of the molecule is Cc1ccc(NC(=O)CCc2c[nH]c3ccccc23)c(F)c1. The van der Waals surface area contributed by atoms with Crippen molar-refractivity contribution < 1.29 is 9.18 Å². The topological polar surface area (TPSA) is 44.9 Å². The quantitative estimate of drug-likeness (QED) is 0.745. The Hall–Kier alpha value is -2.62. The Morgan fingerprint density at radius 1 is 1.23 bits per heavy atom. The molecule has 3 nitrogen and oxygen atoms in total. The van der Waals surface area contributed by atoms with E-state index in [0.29, 0.717) is 12.8 Å². The number of benzene rings is 2. The zero-order chi connectivity index (χ0) is 15.5. The molecule has 2 aromatic carbocycles. The van der Waals surface area contributed by atoms with Gasteiger partial charge in [0.2, 0.25) is 5.91 Å². The van der Waals surface area contributed by atoms with Crippen molar-refractivity contribution in [1.29, 1.82) is 0 Å². The third-order valence-electron chi connectivity index (χ3n) is 3.69. The summed E-state index contributed by atoms with van der Waals surface area (Å²) in [5.74, 6) is -0.589. The van der Waals surface area contributed by atoms with Crippen molar-refractivity contribution in [2.75, 3.05) is 5.32 Å². The van der Waals surface area contributed by atoms with Gasteiger partial charge in [-0.05, 0) is 42.7 Å². The van der Waals surface area contributed by atoms with E-state index in [-0.39, 0.29) is 11.6 Å². The lowest BCUT2D eigenvalue weighted by molar-refractivity contribution is -0.116. The van der Waals surface area contributed by atoms with Crippen molar-refractivity contribution in [1.82, 2.24) is 4.98 Å². The second kappa shape index (κ2) is 6.02. The van der Waals surface area contributed by atoms with Crippen LogP contribution in [0.5, 0.6) is 0 Å². The molecular weight excluding hydrogens is 279 g/mol. The molecule has 0 saturated heterocycles. The molecule has 0 saturated carbocycles. The van der Waals surface area contributed by atoms with E-state index in [1.807, 2.05) is 37.4 Å². The third-order valence-corrected chi connectivity index (χ3v) is 3.69. The highest BCUT2D eigenvalue weighted by molar-refractivity contribution is 5.91. The first-order chi connectivity index (χ1) is 10.6. The normalized spacial score (nSPS) is 10.8. The Bertz CT molecular complexity index is 823. The van der Waals surface area contributed by atoms with Crippen LogP contribution in [-0.2, 0) is 11.2 Å². The maximum absolute atomic E-state index is 13.7. The Morgan fingerprint density at radius 3 is 2.86 bits per heavy atom. The first-order valence-electron chi connectivity index (χ1n) is 7.24. The summed E-state index contributed by atoms with van der Waals surface area (Å²) in [7, 11) is 0. The molecule has 1 amide bonds. The minimum absolute atomic E-state index is 0.187. The predicted molar refractivity (Wildman–Crippen MR) is 86.4 cm³/mol. The molecule has 0 spiro atoms. The number of aryl methyl sites for hydroxylation is 2. The second-order valence-corrected chi connectivity index (χ2v) is 5.39. The number of halogens is 1. The smallest absolute Gasteiger partial charge is 0.224 e. The van der Waals surface area contributed by atoms with Crippen LogP contribution in [0.15, 0.2) is 48.7 Å². The first kappa shape index (κ1) is 14.3. The van der Waals surface area contributed by atoms with E-state index < -0.39 is 5.82 Å². The number of para-hydroxylation sites is 1. The van der Waals surface area contributed by atoms with Crippen molar-refractivity contribution in [2.45, 2.75) is 19.8 Å². The van der Waals surface area contributed by atoms with Crippen LogP contribution in [0.1, 0.15) is 17.5 Å². The first-order valence-corrected chi connectivity index (χ1v) is 7.24. The van der Waals surface area contributed by atoms with Crippen LogP contribution in [0.3, 0.4) is 0 Å². The monoisotopic (exact) mass is 296 g/mol. The Kier molecular flexibility index (Phi) is 3.92. The number of carbonyl (C=O) groups excluding carboxylic acids is 1. The van der Waals surface area contributed by atoms with Crippen LogP contribution in [0.4, 0.5) is 10.1 Å². The largest absolute Gasteiger partial charge is 0.361 e. The lowest BCUT2D eigenvalue weighted by atomic mass is 10.1. The number of hydrogen-bond acceptors (Lipinski definition) is 1. The zero-order valence-electron chi connectivity index (χ0n) is 12.3. The van der Waals surface area contributed by atoms with Gasteiger partial charge in [0.25, 0.3) is 0 Å². The van der Waals surface area contributed by atoms with Gasteiger partial charge in [-0.1, -0.05) is 24.3 Å². The molecule has 22 heavy (non-hydrogen) atoms. The van der Waals surface area contributed by atoms with Gasteiger partial charge in [-0.3, -0.25) is 4.79 Å². The van der Waals surface area contributed by atoms with Crippen molar-refractivity contribution >= 4 is 22.5 Å². The fourth-order valence-electron chi connectivity index (χ4n) is 2.52. The molecule has 0 radical (unpaired) electrons. The number of hydrogen-bond donors (Lipinski definition) is 2. The number of aromatic amines is 1. The number of fused-ring (bicyclic) bond motifs is 1. The molecule has 0 unspecified atom stereocenters. The number of amides is 1. The fourth-order valence-corrected chi connectivity index (χ4v) is 2.52. The van der Waals surface area contributed by atoms with Gasteiger partial charge < -0.3 is 10.3 Å². The van der Waals surface area contributed by atoms with Gasteiger partial charge in [-0.25, -0.2) is 4.39 Å². The van der Waals surface area contributed by atoms with Crippen LogP contribution in [0, 0.1) is 12.7 Å². The number of carbonyl (C=O) groups is 1. The van der Waals surface area contributed by atoms with E-state index in [2.05, 4.69) is 10.3 Å². The molecular formula is C18H17FN2O. The van der Waals surface area contributed by atoms with E-state index >= 15 is 0 Å². The fraction of sp³-hybridized carbons (Fsp3) is 0.167. The zero-order valence-corrected chi connectivity index (χ0v) is 12.3. The summed E-state index contributed by atoms with van der Waals surface area (Å²) in [6, 6.07) is 12.7. The average molecular weight is 296 g/mol. The maximum Gasteiger partial charge on any atom is 0.224 e. The summed E-state index contributed by atoms with van der Waals surface area (Å²) >= 11 is 0. The average Bonchev–Trinajstić information content (AvgIpc) is 2.91. The van der Waals surface area contributed by atoms with Crippen LogP contribution < -0.4 is 5.32 Å². The molecule has 0 aliphatic heterocycles. The van der Waals surface area contributed by atoms with Crippen molar-refractivity contribution in [2.24, 2.45) is 0 Å². The molecule has 2 N–H and O–H groups in total. The summed E-state index contributed by atoms with van der Waals surface area (Å²) in [5, 5.41) is 3.75. The number of aromatic nitrogens is 1. The number of rotatable bonds is 4. The molecule has 3 rings (SSSR count). The van der Waals surface area contributed by atoms with E-state index in [9.17, 15) is 9.18 Å². The van der Waals surface area contributed by atoms with E-state index in [0.717, 1.165) is 22.0 Å². The standard InChI is InChI=1S/C18H17FN2O/c1-12-6-8-17(15(19)10-12)21-18(22)9-7-13-11-20-16-5-3-2-4-14(13)16/h2-6,8,10-11,20H,7,9H2,1H3,(H,21,22). The van der Waals surface area contributed by atoms with Crippen LogP contribution in [0.2, 0.25) is 0 Å². The lowest BCUT2D eigenvalue weighted by Gasteiger charge is -2.07. The minimum Gasteiger partial charge on any atom is -0.361 e. The summed E-state index contributed by atoms with van der Waals surface area (Å²) in [6.07, 6.45) is 2.85. The van der Waals surface area contributed by atoms with Gasteiger partial charge >= 0.3 is 0 Å². The Labute approximate surface area is 128 Å².